The summed E-state index contributed by atoms with van der Waals surface area (Å²) in [6.07, 6.45) is 4.16. The molecule has 3 aromatic rings. The highest BCUT2D eigenvalue weighted by Crippen LogP contribution is 2.31. The Labute approximate surface area is 169 Å². The number of nitrogens with zero attached hydrogens (tertiary/aromatic N) is 2. The van der Waals surface area contributed by atoms with E-state index in [0.717, 1.165) is 28.6 Å². The van der Waals surface area contributed by atoms with Gasteiger partial charge in [-0.3, -0.25) is 9.59 Å². The number of carbonyl (C=O) groups excluding carboxylic acids is 2. The van der Waals surface area contributed by atoms with Gasteiger partial charge in [-0.1, -0.05) is 31.2 Å². The van der Waals surface area contributed by atoms with Gasteiger partial charge in [-0.25, -0.2) is 0 Å². The molecule has 0 saturated carbocycles. The van der Waals surface area contributed by atoms with Crippen molar-refractivity contribution in [3.63, 3.8) is 0 Å². The number of benzene rings is 2. The second kappa shape index (κ2) is 6.92. The van der Waals surface area contributed by atoms with Crippen molar-refractivity contribution in [2.75, 3.05) is 19.6 Å². The zero-order valence-electron chi connectivity index (χ0n) is 16.3. The fourth-order valence-corrected chi connectivity index (χ4v) is 4.27. The van der Waals surface area contributed by atoms with E-state index in [1.165, 1.54) is 5.57 Å². The molecular formula is C24H22N2O3. The van der Waals surface area contributed by atoms with Gasteiger partial charge in [0.05, 0.1) is 6.26 Å². The molecule has 0 aliphatic carbocycles. The first kappa shape index (κ1) is 17.7. The maximum absolute atomic E-state index is 12.9. The van der Waals surface area contributed by atoms with E-state index in [9.17, 15) is 9.59 Å². The average Bonchev–Trinajstić information content (AvgIpc) is 3.46. The Kier molecular flexibility index (Phi) is 4.23. The molecule has 2 aliphatic heterocycles. The smallest absolute Gasteiger partial charge is 0.257 e. The van der Waals surface area contributed by atoms with E-state index >= 15 is 0 Å². The van der Waals surface area contributed by atoms with Crippen molar-refractivity contribution in [3.05, 3.63) is 72.1 Å². The number of rotatable bonds is 3. The molecule has 1 aromatic heterocycles. The first-order valence-electron chi connectivity index (χ1n) is 9.99. The third-order valence-corrected chi connectivity index (χ3v) is 5.91. The van der Waals surface area contributed by atoms with Crippen molar-refractivity contribution in [2.24, 2.45) is 5.92 Å². The van der Waals surface area contributed by atoms with Crippen LogP contribution in [-0.4, -0.2) is 41.2 Å². The minimum absolute atomic E-state index is 0.00769. The molecule has 0 N–H and O–H groups in total. The van der Waals surface area contributed by atoms with Gasteiger partial charge in [0.15, 0.2) is 0 Å². The molecule has 3 heterocycles. The van der Waals surface area contributed by atoms with Crippen molar-refractivity contribution < 1.29 is 14.0 Å². The zero-order chi connectivity index (χ0) is 20.0. The summed E-state index contributed by atoms with van der Waals surface area (Å²) in [6.45, 7) is 3.90. The van der Waals surface area contributed by atoms with Crippen molar-refractivity contribution >= 4 is 22.8 Å². The number of carbonyl (C=O) groups is 2. The maximum Gasteiger partial charge on any atom is 0.257 e. The third kappa shape index (κ3) is 3.12. The fourth-order valence-electron chi connectivity index (χ4n) is 4.27. The molecule has 1 unspecified atom stereocenters. The molecule has 2 aliphatic rings. The Morgan fingerprint density at radius 3 is 2.59 bits per heavy atom. The van der Waals surface area contributed by atoms with Crippen LogP contribution in [0.5, 0.6) is 0 Å². The molecular weight excluding hydrogens is 364 g/mol. The number of hydrogen-bond donors (Lipinski definition) is 0. The molecule has 0 bridgehead atoms. The first-order valence-corrected chi connectivity index (χ1v) is 9.99. The third-order valence-electron chi connectivity index (χ3n) is 5.91. The quantitative estimate of drug-likeness (QED) is 0.674. The van der Waals surface area contributed by atoms with Gasteiger partial charge in [0.25, 0.3) is 5.91 Å². The van der Waals surface area contributed by atoms with Crippen LogP contribution in [0.15, 0.2) is 71.0 Å². The number of furan rings is 1. The Morgan fingerprint density at radius 1 is 1.03 bits per heavy atom. The van der Waals surface area contributed by atoms with Crippen LogP contribution >= 0.6 is 0 Å². The molecule has 0 spiro atoms. The van der Waals surface area contributed by atoms with E-state index in [2.05, 4.69) is 6.07 Å². The lowest BCUT2D eigenvalue weighted by Crippen LogP contribution is -2.32. The highest BCUT2D eigenvalue weighted by molar-refractivity contribution is 5.96. The van der Waals surface area contributed by atoms with Gasteiger partial charge in [0.1, 0.15) is 5.58 Å². The number of amides is 2. The van der Waals surface area contributed by atoms with Crippen LogP contribution in [0.4, 0.5) is 0 Å². The van der Waals surface area contributed by atoms with Gasteiger partial charge in [-0.05, 0) is 41.0 Å². The Balaban J connectivity index is 1.31. The molecule has 5 heteroatoms. The summed E-state index contributed by atoms with van der Waals surface area (Å²) in [6, 6.07) is 15.8. The molecule has 2 amide bonds. The minimum Gasteiger partial charge on any atom is -0.464 e. The van der Waals surface area contributed by atoms with Crippen LogP contribution in [-0.2, 0) is 4.79 Å². The highest BCUT2D eigenvalue weighted by atomic mass is 16.3. The van der Waals surface area contributed by atoms with E-state index in [4.69, 9.17) is 4.42 Å². The van der Waals surface area contributed by atoms with Gasteiger partial charge in [0.2, 0.25) is 5.91 Å². The van der Waals surface area contributed by atoms with Crippen LogP contribution in [0.2, 0.25) is 0 Å². The van der Waals surface area contributed by atoms with Gasteiger partial charge in [-0.15, -0.1) is 0 Å². The second-order valence-electron chi connectivity index (χ2n) is 7.74. The fraction of sp³-hybridized carbons (Fsp3) is 0.250. The number of fused-ring (bicyclic) bond motifs is 2. The predicted octanol–water partition coefficient (Wildman–Crippen LogP) is 4.31. The molecule has 5 nitrogen and oxygen atoms in total. The molecule has 0 radical (unpaired) electrons. The van der Waals surface area contributed by atoms with Gasteiger partial charge in [-0.2, -0.15) is 0 Å². The second-order valence-corrected chi connectivity index (χ2v) is 7.74. The summed E-state index contributed by atoms with van der Waals surface area (Å²) in [7, 11) is 0. The Morgan fingerprint density at radius 2 is 1.83 bits per heavy atom. The topological polar surface area (TPSA) is 53.8 Å². The Bertz CT molecular complexity index is 1130. The van der Waals surface area contributed by atoms with Crippen molar-refractivity contribution in [1.29, 1.82) is 0 Å². The van der Waals surface area contributed by atoms with Crippen LogP contribution in [0, 0.1) is 5.92 Å². The van der Waals surface area contributed by atoms with E-state index in [-0.39, 0.29) is 17.7 Å². The van der Waals surface area contributed by atoms with Crippen LogP contribution < -0.4 is 0 Å². The summed E-state index contributed by atoms with van der Waals surface area (Å²) in [5.41, 5.74) is 4.82. The standard InChI is InChI=1S/C24H22N2O3/c1-2-23(27)25-12-20-14-26(15-21(20)13-25)24(28)18-6-3-16(4-7-18)19-8-5-17-9-10-29-22(17)11-19/h3-11,14,21H,2,12-13,15H2,1H3. The first-order chi connectivity index (χ1) is 14.1. The molecule has 1 atom stereocenters. The molecule has 2 aromatic carbocycles. The van der Waals surface area contributed by atoms with E-state index < -0.39 is 0 Å². The SMILES string of the molecule is CCC(=O)N1CC2=CN(C(=O)c3ccc(-c4ccc5ccoc5c4)cc3)CC2C1. The summed E-state index contributed by atoms with van der Waals surface area (Å²) in [5, 5.41) is 1.08. The average molecular weight is 386 g/mol. The normalized spacial score (nSPS) is 18.2. The minimum atomic E-state index is 0.00769. The van der Waals surface area contributed by atoms with Gasteiger partial charge < -0.3 is 14.2 Å². The maximum atomic E-state index is 12.9. The Hall–Kier alpha value is -3.34. The zero-order valence-corrected chi connectivity index (χ0v) is 16.3. The molecule has 1 saturated heterocycles. The van der Waals surface area contributed by atoms with E-state index in [1.54, 1.807) is 11.2 Å². The largest absolute Gasteiger partial charge is 0.464 e. The lowest BCUT2D eigenvalue weighted by Gasteiger charge is -2.19. The van der Waals surface area contributed by atoms with Crippen LogP contribution in [0.3, 0.4) is 0 Å². The monoisotopic (exact) mass is 386 g/mol. The van der Waals surface area contributed by atoms with Crippen molar-refractivity contribution in [3.8, 4) is 11.1 Å². The van der Waals surface area contributed by atoms with Crippen molar-refractivity contribution in [1.82, 2.24) is 9.80 Å². The summed E-state index contributed by atoms with van der Waals surface area (Å²) < 4.78 is 5.48. The van der Waals surface area contributed by atoms with Gasteiger partial charge >= 0.3 is 0 Å². The summed E-state index contributed by atoms with van der Waals surface area (Å²) >= 11 is 0. The van der Waals surface area contributed by atoms with Crippen molar-refractivity contribution in [2.45, 2.75) is 13.3 Å². The lowest BCUT2D eigenvalue weighted by molar-refractivity contribution is -0.129. The lowest BCUT2D eigenvalue weighted by atomic mass is 10.0. The number of hydrogen-bond acceptors (Lipinski definition) is 3. The van der Waals surface area contributed by atoms with Gasteiger partial charge in [0, 0.05) is 49.1 Å². The highest BCUT2D eigenvalue weighted by Gasteiger charge is 2.36. The molecule has 5 rings (SSSR count). The molecule has 146 valence electrons. The van der Waals surface area contributed by atoms with Crippen LogP contribution in [0.25, 0.3) is 22.1 Å². The number of likely N-dealkylation sites (tertiary alicyclic amines) is 1. The van der Waals surface area contributed by atoms with Crippen LogP contribution in [0.1, 0.15) is 23.7 Å². The predicted molar refractivity (Wildman–Crippen MR) is 111 cm³/mol. The molecule has 29 heavy (non-hydrogen) atoms. The van der Waals surface area contributed by atoms with E-state index in [0.29, 0.717) is 25.1 Å². The summed E-state index contributed by atoms with van der Waals surface area (Å²) in [4.78, 5) is 28.5. The summed E-state index contributed by atoms with van der Waals surface area (Å²) in [5.74, 6) is 0.462. The van der Waals surface area contributed by atoms with E-state index in [1.807, 2.05) is 60.5 Å². The molecule has 1 fully saturated rings.